The zero-order chi connectivity index (χ0) is 20.3. The maximum Gasteiger partial charge on any atom is 0.471 e. The molecular formula is C15H20N5O6PS. The number of imide groups is 1. The summed E-state index contributed by atoms with van der Waals surface area (Å²) >= 11 is 0.640. The molecule has 1 aromatic heterocycles. The van der Waals surface area contributed by atoms with E-state index in [1.165, 1.54) is 12.3 Å². The highest BCUT2D eigenvalue weighted by atomic mass is 32.2. The fourth-order valence-electron chi connectivity index (χ4n) is 2.85. The number of rotatable bonds is 6. The van der Waals surface area contributed by atoms with Crippen molar-refractivity contribution in [3.63, 3.8) is 0 Å². The lowest BCUT2D eigenvalue weighted by Gasteiger charge is -2.26. The Bertz CT molecular complexity index is 838. The number of aromatic nitrogens is 2. The number of phosphoric ester groups is 1. The predicted octanol–water partition coefficient (Wildman–Crippen LogP) is 1.26. The largest absolute Gasteiger partial charge is 0.471 e. The van der Waals surface area contributed by atoms with Gasteiger partial charge in [0.05, 0.1) is 10.6 Å². The molecule has 0 aromatic carbocycles. The monoisotopic (exact) mass is 429 g/mol. The molecule has 1 aliphatic carbocycles. The van der Waals surface area contributed by atoms with Gasteiger partial charge in [-0.25, -0.2) is 19.4 Å². The lowest BCUT2D eigenvalue weighted by atomic mass is 9.92. The van der Waals surface area contributed by atoms with Crippen molar-refractivity contribution in [2.75, 3.05) is 12.0 Å². The second-order valence-electron chi connectivity index (χ2n) is 6.42. The summed E-state index contributed by atoms with van der Waals surface area (Å²) in [4.78, 5) is 50.8. The molecule has 152 valence electrons. The van der Waals surface area contributed by atoms with E-state index >= 15 is 0 Å². The van der Waals surface area contributed by atoms with Gasteiger partial charge in [0.2, 0.25) is 5.95 Å². The van der Waals surface area contributed by atoms with Crippen molar-refractivity contribution in [1.29, 1.82) is 0 Å². The summed E-state index contributed by atoms with van der Waals surface area (Å²) < 4.78 is 15.0. The van der Waals surface area contributed by atoms with Crippen LogP contribution in [0.3, 0.4) is 0 Å². The first-order chi connectivity index (χ1) is 13.2. The van der Waals surface area contributed by atoms with Crippen LogP contribution in [-0.4, -0.2) is 54.6 Å². The Hall–Kier alpha value is -1.82. The SMILES string of the molecule is NC1CCC(Nc2nccc(/C=C3/SC(=O)N(COP(=O)(O)O)C3=O)n2)CC1. The molecular weight excluding hydrogens is 409 g/mol. The van der Waals surface area contributed by atoms with Crippen LogP contribution in [0.25, 0.3) is 6.08 Å². The number of carbonyl (C=O) groups is 2. The van der Waals surface area contributed by atoms with E-state index in [-0.39, 0.29) is 17.0 Å². The molecule has 1 aromatic rings. The normalized spacial score (nSPS) is 24.8. The van der Waals surface area contributed by atoms with Crippen LogP contribution < -0.4 is 11.1 Å². The van der Waals surface area contributed by atoms with Crippen molar-refractivity contribution in [3.8, 4) is 0 Å². The molecule has 0 atom stereocenters. The zero-order valence-electron chi connectivity index (χ0n) is 14.7. The number of nitrogens with zero attached hydrogens (tertiary/aromatic N) is 3. The molecule has 2 heterocycles. The fourth-order valence-corrected chi connectivity index (χ4v) is 3.92. The fraction of sp³-hybridized carbons (Fsp3) is 0.467. The van der Waals surface area contributed by atoms with Crippen LogP contribution in [0.5, 0.6) is 0 Å². The van der Waals surface area contributed by atoms with Gasteiger partial charge in [0.15, 0.2) is 0 Å². The number of carbonyl (C=O) groups excluding carboxylic acids is 2. The number of phosphoric acid groups is 1. The van der Waals surface area contributed by atoms with E-state index in [0.29, 0.717) is 28.3 Å². The Balaban J connectivity index is 1.67. The Morgan fingerprint density at radius 3 is 2.75 bits per heavy atom. The molecule has 2 aliphatic rings. The van der Waals surface area contributed by atoms with E-state index in [9.17, 15) is 14.2 Å². The van der Waals surface area contributed by atoms with Crippen molar-refractivity contribution < 1.29 is 28.5 Å². The Labute approximate surface area is 165 Å². The maximum atomic E-state index is 12.3. The number of nitrogens with two attached hydrogens (primary N) is 1. The number of anilines is 1. The lowest BCUT2D eigenvalue weighted by molar-refractivity contribution is -0.124. The molecule has 1 saturated heterocycles. The molecule has 5 N–H and O–H groups in total. The van der Waals surface area contributed by atoms with Crippen molar-refractivity contribution in [1.82, 2.24) is 14.9 Å². The summed E-state index contributed by atoms with van der Waals surface area (Å²) in [6.07, 6.45) is 6.67. The van der Waals surface area contributed by atoms with Gasteiger partial charge in [0, 0.05) is 18.3 Å². The minimum atomic E-state index is -4.80. The van der Waals surface area contributed by atoms with Gasteiger partial charge in [0.1, 0.15) is 6.73 Å². The van der Waals surface area contributed by atoms with Crippen LogP contribution in [0.2, 0.25) is 0 Å². The first kappa shape index (κ1) is 20.9. The Morgan fingerprint density at radius 2 is 2.07 bits per heavy atom. The Kier molecular flexibility index (Phi) is 6.48. The number of amides is 2. The molecule has 0 unspecified atom stereocenters. The minimum absolute atomic E-state index is 0.0765. The topological polar surface area (TPSA) is 168 Å². The van der Waals surface area contributed by atoms with Crippen molar-refractivity contribution >= 4 is 42.8 Å². The van der Waals surface area contributed by atoms with Gasteiger partial charge in [-0.2, -0.15) is 0 Å². The molecule has 13 heteroatoms. The number of hydrogen-bond donors (Lipinski definition) is 4. The molecule has 28 heavy (non-hydrogen) atoms. The third kappa shape index (κ3) is 5.60. The number of nitrogens with one attached hydrogen (secondary N) is 1. The van der Waals surface area contributed by atoms with Crippen LogP contribution in [0.4, 0.5) is 10.7 Å². The molecule has 0 bridgehead atoms. The van der Waals surface area contributed by atoms with Gasteiger partial charge < -0.3 is 20.8 Å². The third-order valence-corrected chi connectivity index (χ3v) is 5.65. The summed E-state index contributed by atoms with van der Waals surface area (Å²) in [7, 11) is -4.80. The molecule has 0 radical (unpaired) electrons. The van der Waals surface area contributed by atoms with E-state index in [2.05, 4.69) is 19.8 Å². The van der Waals surface area contributed by atoms with E-state index in [1.807, 2.05) is 0 Å². The standard InChI is InChI=1S/C15H20N5O6PS/c16-9-1-3-10(4-2-9)18-14-17-6-5-11(19-14)7-12-13(21)20(15(22)28-12)8-26-27(23,24)25/h5-7,9-10H,1-4,8,16H2,(H,17,18,19)(H2,23,24,25)/b12-7+. The van der Waals surface area contributed by atoms with Crippen LogP contribution in [0, 0.1) is 0 Å². The van der Waals surface area contributed by atoms with Gasteiger partial charge in [0.25, 0.3) is 11.1 Å². The zero-order valence-corrected chi connectivity index (χ0v) is 16.4. The second kappa shape index (κ2) is 8.68. The molecule has 3 rings (SSSR count). The number of hydrogen-bond acceptors (Lipinski definition) is 9. The molecule has 1 aliphatic heterocycles. The molecule has 11 nitrogen and oxygen atoms in total. The van der Waals surface area contributed by atoms with Crippen LogP contribution in [-0.2, 0) is 13.9 Å². The van der Waals surface area contributed by atoms with Crippen LogP contribution in [0.15, 0.2) is 17.2 Å². The van der Waals surface area contributed by atoms with Gasteiger partial charge in [-0.1, -0.05) is 0 Å². The molecule has 1 saturated carbocycles. The average molecular weight is 429 g/mol. The van der Waals surface area contributed by atoms with Crippen molar-refractivity contribution in [3.05, 3.63) is 22.9 Å². The van der Waals surface area contributed by atoms with Crippen molar-refractivity contribution in [2.45, 2.75) is 37.8 Å². The second-order valence-corrected chi connectivity index (χ2v) is 8.65. The van der Waals surface area contributed by atoms with E-state index < -0.39 is 25.7 Å². The number of thioether (sulfide) groups is 1. The van der Waals surface area contributed by atoms with E-state index in [1.54, 1.807) is 6.07 Å². The lowest BCUT2D eigenvalue weighted by Crippen LogP contribution is -2.33. The summed E-state index contributed by atoms with van der Waals surface area (Å²) in [5, 5.41) is 2.57. The quantitative estimate of drug-likeness (QED) is 0.379. The molecule has 2 fully saturated rings. The van der Waals surface area contributed by atoms with Gasteiger partial charge in [-0.15, -0.1) is 0 Å². The summed E-state index contributed by atoms with van der Waals surface area (Å²) in [6, 6.07) is 2.05. The predicted molar refractivity (Wildman–Crippen MR) is 102 cm³/mol. The summed E-state index contributed by atoms with van der Waals surface area (Å²) in [6.45, 7) is -0.827. The summed E-state index contributed by atoms with van der Waals surface area (Å²) in [5.41, 5.74) is 6.32. The van der Waals surface area contributed by atoms with E-state index in [4.69, 9.17) is 15.5 Å². The first-order valence-corrected chi connectivity index (χ1v) is 10.9. The van der Waals surface area contributed by atoms with Gasteiger partial charge in [-0.3, -0.25) is 14.1 Å². The molecule has 2 amide bonds. The third-order valence-electron chi connectivity index (χ3n) is 4.29. The van der Waals surface area contributed by atoms with E-state index in [0.717, 1.165) is 25.7 Å². The minimum Gasteiger partial charge on any atom is -0.351 e. The highest BCUT2D eigenvalue weighted by Crippen LogP contribution is 2.38. The van der Waals surface area contributed by atoms with Crippen LogP contribution in [0.1, 0.15) is 31.4 Å². The highest BCUT2D eigenvalue weighted by molar-refractivity contribution is 8.18. The maximum absolute atomic E-state index is 12.3. The van der Waals surface area contributed by atoms with Gasteiger partial charge in [-0.05, 0) is 49.6 Å². The smallest absolute Gasteiger partial charge is 0.351 e. The first-order valence-electron chi connectivity index (χ1n) is 8.52. The Morgan fingerprint density at radius 1 is 1.36 bits per heavy atom. The average Bonchev–Trinajstić information content (AvgIpc) is 2.88. The highest BCUT2D eigenvalue weighted by Gasteiger charge is 2.36. The van der Waals surface area contributed by atoms with Crippen molar-refractivity contribution in [2.24, 2.45) is 5.73 Å². The molecule has 0 spiro atoms. The van der Waals surface area contributed by atoms with Crippen LogP contribution >= 0.6 is 19.6 Å². The van der Waals surface area contributed by atoms with Gasteiger partial charge >= 0.3 is 7.82 Å². The summed E-state index contributed by atoms with van der Waals surface area (Å²) in [5.74, 6) is -0.295.